The van der Waals surface area contributed by atoms with E-state index in [1.807, 2.05) is 13.0 Å². The zero-order valence-electron chi connectivity index (χ0n) is 18.6. The summed E-state index contributed by atoms with van der Waals surface area (Å²) in [4.78, 5) is 27.8. The summed E-state index contributed by atoms with van der Waals surface area (Å²) in [7, 11) is 1.54. The van der Waals surface area contributed by atoms with Gasteiger partial charge in [-0.25, -0.2) is 28.1 Å². The van der Waals surface area contributed by atoms with Crippen LogP contribution in [-0.4, -0.2) is 76.9 Å². The molecule has 2 saturated heterocycles. The van der Waals surface area contributed by atoms with E-state index in [1.165, 1.54) is 17.1 Å². The number of nitrogens with one attached hydrogen (secondary N) is 1. The third-order valence-corrected chi connectivity index (χ3v) is 6.74. The third kappa shape index (κ3) is 3.26. The molecule has 0 spiro atoms. The number of ether oxygens (including phenoxy) is 1. The van der Waals surface area contributed by atoms with E-state index in [2.05, 4.69) is 25.4 Å². The molecule has 1 N–H and O–H groups in total. The van der Waals surface area contributed by atoms with E-state index < -0.39 is 24.2 Å². The van der Waals surface area contributed by atoms with Gasteiger partial charge < -0.3 is 10.1 Å². The fourth-order valence-electron chi connectivity index (χ4n) is 4.70. The molecule has 2 fully saturated rings. The number of hydrogen-bond donors (Lipinski definition) is 1. The zero-order chi connectivity index (χ0) is 23.6. The number of halogens is 2. The number of nitrogens with zero attached hydrogens (tertiary/aromatic N) is 8. The molecule has 4 aromatic heterocycles. The molecule has 1 atom stereocenters. The summed E-state index contributed by atoms with van der Waals surface area (Å²) in [6.07, 6.45) is 4.81. The minimum atomic E-state index is -3.10. The summed E-state index contributed by atoms with van der Waals surface area (Å²) < 4.78 is 39.9. The highest BCUT2D eigenvalue weighted by Gasteiger charge is 2.49. The van der Waals surface area contributed by atoms with Crippen LogP contribution in [0.2, 0.25) is 0 Å². The van der Waals surface area contributed by atoms with Gasteiger partial charge in [-0.15, -0.1) is 0 Å². The van der Waals surface area contributed by atoms with Crippen molar-refractivity contribution in [2.45, 2.75) is 31.4 Å². The fourth-order valence-corrected chi connectivity index (χ4v) is 4.70. The molecule has 11 nitrogen and oxygen atoms in total. The SMILES string of the molecule is Cc1cc2ncnn2cc1Nc1ncc2c(n1)n([C@H]1CCN(C3COC3)CC1(F)F)c(=O)n2C. The van der Waals surface area contributed by atoms with Crippen LogP contribution in [0.5, 0.6) is 0 Å². The number of piperidine rings is 1. The van der Waals surface area contributed by atoms with Crippen LogP contribution < -0.4 is 11.0 Å². The van der Waals surface area contributed by atoms with E-state index >= 15 is 8.78 Å². The fraction of sp³-hybridized carbons (Fsp3) is 0.476. The van der Waals surface area contributed by atoms with Gasteiger partial charge in [-0.3, -0.25) is 14.0 Å². The predicted molar refractivity (Wildman–Crippen MR) is 119 cm³/mol. The summed E-state index contributed by atoms with van der Waals surface area (Å²) in [5.74, 6) is -2.90. The molecule has 178 valence electrons. The van der Waals surface area contributed by atoms with Gasteiger partial charge in [-0.05, 0) is 25.0 Å². The molecule has 4 aromatic rings. The van der Waals surface area contributed by atoms with Crippen molar-refractivity contribution in [2.75, 3.05) is 31.6 Å². The Bertz CT molecular complexity index is 1460. The normalized spacial score (nSPS) is 21.2. The van der Waals surface area contributed by atoms with E-state index in [9.17, 15) is 4.79 Å². The van der Waals surface area contributed by atoms with E-state index in [4.69, 9.17) is 4.74 Å². The molecule has 2 aliphatic rings. The van der Waals surface area contributed by atoms with Gasteiger partial charge in [-0.2, -0.15) is 10.1 Å². The molecule has 0 amide bonds. The molecule has 2 aliphatic heterocycles. The van der Waals surface area contributed by atoms with Crippen LogP contribution in [0.3, 0.4) is 0 Å². The van der Waals surface area contributed by atoms with Gasteiger partial charge in [-0.1, -0.05) is 0 Å². The lowest BCUT2D eigenvalue weighted by molar-refractivity contribution is -0.148. The minimum Gasteiger partial charge on any atom is -0.378 e. The first-order valence-electron chi connectivity index (χ1n) is 11.0. The largest absolute Gasteiger partial charge is 0.378 e. The number of rotatable bonds is 4. The van der Waals surface area contributed by atoms with Gasteiger partial charge in [0.25, 0.3) is 5.92 Å². The average Bonchev–Trinajstić information content (AvgIpc) is 3.29. The second-order valence-electron chi connectivity index (χ2n) is 8.90. The van der Waals surface area contributed by atoms with E-state index in [0.717, 1.165) is 10.1 Å². The monoisotopic (exact) mass is 471 g/mol. The van der Waals surface area contributed by atoms with Gasteiger partial charge >= 0.3 is 5.69 Å². The van der Waals surface area contributed by atoms with Gasteiger partial charge in [0.2, 0.25) is 5.95 Å². The number of pyridine rings is 1. The van der Waals surface area contributed by atoms with Gasteiger partial charge in [0, 0.05) is 13.6 Å². The van der Waals surface area contributed by atoms with Gasteiger partial charge in [0.05, 0.1) is 43.9 Å². The third-order valence-electron chi connectivity index (χ3n) is 6.74. The molecule has 0 bridgehead atoms. The van der Waals surface area contributed by atoms with Crippen molar-refractivity contribution in [3.05, 3.63) is 40.8 Å². The van der Waals surface area contributed by atoms with Crippen LogP contribution in [0.15, 0.2) is 29.6 Å². The molecule has 6 heterocycles. The topological polar surface area (TPSA) is 107 Å². The number of imidazole rings is 1. The highest BCUT2D eigenvalue weighted by Crippen LogP contribution is 2.38. The second-order valence-corrected chi connectivity index (χ2v) is 8.90. The summed E-state index contributed by atoms with van der Waals surface area (Å²) in [6.45, 7) is 2.88. The second kappa shape index (κ2) is 7.53. The molecule has 0 radical (unpaired) electrons. The molecule has 13 heteroatoms. The van der Waals surface area contributed by atoms with Crippen LogP contribution in [0, 0.1) is 6.92 Å². The lowest BCUT2D eigenvalue weighted by atomic mass is 9.98. The smallest absolute Gasteiger partial charge is 0.330 e. The Morgan fingerprint density at radius 3 is 2.82 bits per heavy atom. The Hall–Kier alpha value is -3.45. The Labute approximate surface area is 192 Å². The summed E-state index contributed by atoms with van der Waals surface area (Å²) in [6, 6.07) is 0.574. The van der Waals surface area contributed by atoms with Crippen LogP contribution in [-0.2, 0) is 11.8 Å². The number of fused-ring (bicyclic) bond motifs is 2. The first kappa shape index (κ1) is 21.1. The Balaban J connectivity index is 1.38. The van der Waals surface area contributed by atoms with Gasteiger partial charge in [0.15, 0.2) is 11.3 Å². The zero-order valence-corrected chi connectivity index (χ0v) is 18.6. The van der Waals surface area contributed by atoms with Crippen molar-refractivity contribution in [1.82, 2.24) is 38.6 Å². The van der Waals surface area contributed by atoms with E-state index in [1.54, 1.807) is 22.7 Å². The lowest BCUT2D eigenvalue weighted by Gasteiger charge is -2.44. The molecule has 0 aliphatic carbocycles. The highest BCUT2D eigenvalue weighted by atomic mass is 19.3. The first-order chi connectivity index (χ1) is 16.3. The Morgan fingerprint density at radius 1 is 1.26 bits per heavy atom. The van der Waals surface area contributed by atoms with Crippen molar-refractivity contribution < 1.29 is 13.5 Å². The van der Waals surface area contributed by atoms with Crippen LogP contribution in [0.25, 0.3) is 16.8 Å². The van der Waals surface area contributed by atoms with E-state index in [0.29, 0.717) is 36.6 Å². The number of anilines is 2. The maximum Gasteiger partial charge on any atom is 0.330 e. The Morgan fingerprint density at radius 2 is 2.09 bits per heavy atom. The molecular weight excluding hydrogens is 448 g/mol. The minimum absolute atomic E-state index is 0.0137. The predicted octanol–water partition coefficient (Wildman–Crippen LogP) is 1.51. The average molecular weight is 471 g/mol. The summed E-state index contributed by atoms with van der Waals surface area (Å²) in [5.41, 5.74) is 2.29. The molecule has 0 saturated carbocycles. The standard InChI is InChI=1S/C21H23F2N9O2/c1-12-5-17-25-11-26-31(17)7-14(12)27-19-24-6-15-18(28-19)32(20(33)29(15)2)16-3-4-30(10-21(16,22)23)13-8-34-9-13/h5-7,11,13,16H,3-4,8-10H2,1-2H3,(H,24,27,28)/t16-/m0/s1. The van der Waals surface area contributed by atoms with Crippen molar-refractivity contribution in [1.29, 1.82) is 0 Å². The van der Waals surface area contributed by atoms with E-state index in [-0.39, 0.29) is 24.1 Å². The number of aromatic nitrogens is 7. The number of alkyl halides is 2. The molecule has 0 aromatic carbocycles. The molecule has 6 rings (SSSR count). The van der Waals surface area contributed by atoms with Crippen LogP contribution in [0.4, 0.5) is 20.4 Å². The number of hydrogen-bond acceptors (Lipinski definition) is 8. The molecule has 34 heavy (non-hydrogen) atoms. The van der Waals surface area contributed by atoms with Gasteiger partial charge in [0.1, 0.15) is 17.9 Å². The first-order valence-corrected chi connectivity index (χ1v) is 11.0. The highest BCUT2D eigenvalue weighted by molar-refractivity contribution is 5.73. The lowest BCUT2D eigenvalue weighted by Crippen LogP contribution is -2.58. The van der Waals surface area contributed by atoms with Crippen molar-refractivity contribution >= 4 is 28.4 Å². The Kier molecular flexibility index (Phi) is 4.68. The van der Waals surface area contributed by atoms with Crippen molar-refractivity contribution in [2.24, 2.45) is 7.05 Å². The quantitative estimate of drug-likeness (QED) is 0.477. The van der Waals surface area contributed by atoms with Crippen molar-refractivity contribution in [3.63, 3.8) is 0 Å². The number of aryl methyl sites for hydroxylation is 2. The summed E-state index contributed by atoms with van der Waals surface area (Å²) in [5, 5.41) is 7.25. The maximum atomic E-state index is 15.3. The van der Waals surface area contributed by atoms with Crippen molar-refractivity contribution in [3.8, 4) is 0 Å². The van der Waals surface area contributed by atoms with Crippen LogP contribution >= 0.6 is 0 Å². The summed E-state index contributed by atoms with van der Waals surface area (Å²) >= 11 is 0. The van der Waals surface area contributed by atoms with Crippen LogP contribution in [0.1, 0.15) is 18.0 Å². The number of likely N-dealkylation sites (tertiary alicyclic amines) is 1. The molecular formula is C21H23F2N9O2. The molecule has 0 unspecified atom stereocenters. The maximum absolute atomic E-state index is 15.3.